The molecular weight excluding hydrogens is 232 g/mol. The Labute approximate surface area is 109 Å². The first kappa shape index (κ1) is 14.1. The highest BCUT2D eigenvalue weighted by molar-refractivity contribution is 6.25. The molecule has 0 saturated carbocycles. The Morgan fingerprint density at radius 3 is 2.06 bits per heavy atom. The number of benzene rings is 1. The molecule has 0 saturated heterocycles. The zero-order chi connectivity index (χ0) is 12.7. The smallest absolute Gasteiger partial charge is 0.127 e. The van der Waals surface area contributed by atoms with Crippen LogP contribution in [0.3, 0.4) is 0 Å². The summed E-state index contributed by atoms with van der Waals surface area (Å²) >= 11 is 5.95. The van der Waals surface area contributed by atoms with Gasteiger partial charge in [0.25, 0.3) is 0 Å². The quantitative estimate of drug-likeness (QED) is 0.619. The van der Waals surface area contributed by atoms with Crippen LogP contribution in [-0.2, 0) is 0 Å². The molecule has 0 heterocycles. The lowest BCUT2D eigenvalue weighted by atomic mass is 9.78. The molecule has 0 radical (unpaired) electrons. The van der Waals surface area contributed by atoms with Crippen molar-refractivity contribution in [1.82, 2.24) is 0 Å². The second kappa shape index (κ2) is 6.70. The van der Waals surface area contributed by atoms with Crippen LogP contribution in [0.2, 0.25) is 0 Å². The molecule has 0 spiro atoms. The van der Waals surface area contributed by atoms with Crippen LogP contribution >= 0.6 is 11.6 Å². The Kier molecular flexibility index (Phi) is 5.57. The van der Waals surface area contributed by atoms with E-state index in [0.29, 0.717) is 0 Å². The first-order valence-electron chi connectivity index (χ1n) is 6.26. The molecule has 0 amide bonds. The molecule has 0 aliphatic heterocycles. The van der Waals surface area contributed by atoms with Gasteiger partial charge in [-0.1, -0.05) is 50.6 Å². The van der Waals surface area contributed by atoms with Crippen LogP contribution in [0.4, 0.5) is 0 Å². The van der Waals surface area contributed by atoms with Gasteiger partial charge in [0.05, 0.1) is 0 Å². The third-order valence-corrected chi connectivity index (χ3v) is 3.82. The third-order valence-electron chi connectivity index (χ3n) is 3.62. The first-order chi connectivity index (χ1) is 8.22. The van der Waals surface area contributed by atoms with Crippen molar-refractivity contribution >= 4 is 11.6 Å². The molecule has 17 heavy (non-hydrogen) atoms. The molecule has 0 aromatic heterocycles. The lowest BCUT2D eigenvalue weighted by molar-refractivity contribution is 0.209. The summed E-state index contributed by atoms with van der Waals surface area (Å²) < 4.78 is 5.93. The van der Waals surface area contributed by atoms with Crippen LogP contribution in [0.15, 0.2) is 41.6 Å². The molecule has 2 heteroatoms. The van der Waals surface area contributed by atoms with Crippen LogP contribution in [0, 0.1) is 5.41 Å². The highest BCUT2D eigenvalue weighted by Gasteiger charge is 2.30. The van der Waals surface area contributed by atoms with Crippen molar-refractivity contribution < 1.29 is 4.74 Å². The van der Waals surface area contributed by atoms with Crippen LogP contribution in [0.25, 0.3) is 0 Å². The predicted octanol–water partition coefficient (Wildman–Crippen LogP) is 5.36. The molecule has 0 unspecified atom stereocenters. The average molecular weight is 253 g/mol. The zero-order valence-electron chi connectivity index (χ0n) is 10.9. The Balaban J connectivity index is 2.92. The van der Waals surface area contributed by atoms with E-state index < -0.39 is 0 Å². The van der Waals surface area contributed by atoms with E-state index >= 15 is 0 Å². The minimum atomic E-state index is 0.0532. The van der Waals surface area contributed by atoms with E-state index in [-0.39, 0.29) is 5.41 Å². The molecule has 94 valence electrons. The Bertz CT molecular complexity index is 344. The Morgan fingerprint density at radius 2 is 1.65 bits per heavy atom. The standard InChI is InChI=1S/C15H21ClO/c1-4-15(5-2,6-3)14(12-16)17-13-10-8-7-9-11-13/h7-12H,4-6H2,1-3H3/b14-12-. The molecule has 0 fully saturated rings. The monoisotopic (exact) mass is 252 g/mol. The summed E-state index contributed by atoms with van der Waals surface area (Å²) in [6.07, 6.45) is 3.10. The summed E-state index contributed by atoms with van der Waals surface area (Å²) in [5.41, 5.74) is 1.64. The summed E-state index contributed by atoms with van der Waals surface area (Å²) in [4.78, 5) is 0. The van der Waals surface area contributed by atoms with E-state index in [2.05, 4.69) is 20.8 Å². The average Bonchev–Trinajstić information content (AvgIpc) is 2.41. The molecule has 0 aliphatic rings. The van der Waals surface area contributed by atoms with Gasteiger partial charge in [0.15, 0.2) is 0 Å². The summed E-state index contributed by atoms with van der Waals surface area (Å²) in [5.74, 6) is 1.72. The van der Waals surface area contributed by atoms with Crippen molar-refractivity contribution in [2.75, 3.05) is 0 Å². The number of hydrogen-bond acceptors (Lipinski definition) is 1. The van der Waals surface area contributed by atoms with E-state index in [1.165, 1.54) is 0 Å². The number of halogens is 1. The third kappa shape index (κ3) is 3.26. The van der Waals surface area contributed by atoms with Gasteiger partial charge in [0.2, 0.25) is 0 Å². The zero-order valence-corrected chi connectivity index (χ0v) is 11.6. The van der Waals surface area contributed by atoms with Crippen LogP contribution in [-0.4, -0.2) is 0 Å². The SMILES string of the molecule is CCC(CC)(CC)/C(=C/Cl)Oc1ccccc1. The van der Waals surface area contributed by atoms with Gasteiger partial charge < -0.3 is 4.74 Å². The van der Waals surface area contributed by atoms with Gasteiger partial charge in [-0.25, -0.2) is 0 Å². The second-order valence-electron chi connectivity index (χ2n) is 4.23. The lowest BCUT2D eigenvalue weighted by Gasteiger charge is -2.32. The number of allylic oxidation sites excluding steroid dienone is 1. The fraction of sp³-hybridized carbons (Fsp3) is 0.467. The van der Waals surface area contributed by atoms with Crippen molar-refractivity contribution in [1.29, 1.82) is 0 Å². The van der Waals surface area contributed by atoms with Crippen molar-refractivity contribution in [3.8, 4) is 5.75 Å². The highest BCUT2D eigenvalue weighted by Crippen LogP contribution is 2.39. The summed E-state index contributed by atoms with van der Waals surface area (Å²) in [5, 5.41) is 0. The molecule has 1 rings (SSSR count). The number of hydrogen-bond donors (Lipinski definition) is 0. The molecule has 1 nitrogen and oxygen atoms in total. The van der Waals surface area contributed by atoms with E-state index in [1.54, 1.807) is 5.54 Å². The fourth-order valence-electron chi connectivity index (χ4n) is 2.13. The predicted molar refractivity (Wildman–Crippen MR) is 74.3 cm³/mol. The number of ether oxygens (including phenoxy) is 1. The minimum absolute atomic E-state index is 0.0532. The number of para-hydroxylation sites is 1. The van der Waals surface area contributed by atoms with Crippen molar-refractivity contribution in [2.24, 2.45) is 5.41 Å². The van der Waals surface area contributed by atoms with Crippen LogP contribution in [0.1, 0.15) is 40.0 Å². The fourth-order valence-corrected chi connectivity index (χ4v) is 2.41. The van der Waals surface area contributed by atoms with Gasteiger partial charge in [-0.2, -0.15) is 0 Å². The molecule has 0 bridgehead atoms. The minimum Gasteiger partial charge on any atom is -0.460 e. The lowest BCUT2D eigenvalue weighted by Crippen LogP contribution is -2.24. The van der Waals surface area contributed by atoms with E-state index in [4.69, 9.17) is 16.3 Å². The van der Waals surface area contributed by atoms with E-state index in [9.17, 15) is 0 Å². The summed E-state index contributed by atoms with van der Waals surface area (Å²) in [6.45, 7) is 6.55. The Hall–Kier alpha value is -0.950. The summed E-state index contributed by atoms with van der Waals surface area (Å²) in [6, 6.07) is 9.81. The molecule has 1 aromatic rings. The van der Waals surface area contributed by atoms with Crippen LogP contribution in [0.5, 0.6) is 5.75 Å². The van der Waals surface area contributed by atoms with Gasteiger partial charge in [-0.3, -0.25) is 0 Å². The van der Waals surface area contributed by atoms with Gasteiger partial charge in [0, 0.05) is 11.0 Å². The maximum absolute atomic E-state index is 5.95. The van der Waals surface area contributed by atoms with Gasteiger partial charge >= 0.3 is 0 Å². The first-order valence-corrected chi connectivity index (χ1v) is 6.69. The highest BCUT2D eigenvalue weighted by atomic mass is 35.5. The molecule has 0 aliphatic carbocycles. The summed E-state index contributed by atoms with van der Waals surface area (Å²) in [7, 11) is 0. The maximum Gasteiger partial charge on any atom is 0.127 e. The topological polar surface area (TPSA) is 9.23 Å². The van der Waals surface area contributed by atoms with Gasteiger partial charge in [-0.15, -0.1) is 0 Å². The molecule has 0 N–H and O–H groups in total. The maximum atomic E-state index is 5.95. The van der Waals surface area contributed by atoms with Crippen molar-refractivity contribution in [3.05, 3.63) is 41.6 Å². The number of rotatable bonds is 6. The van der Waals surface area contributed by atoms with Crippen molar-refractivity contribution in [3.63, 3.8) is 0 Å². The van der Waals surface area contributed by atoms with E-state index in [1.807, 2.05) is 30.3 Å². The van der Waals surface area contributed by atoms with Crippen molar-refractivity contribution in [2.45, 2.75) is 40.0 Å². The second-order valence-corrected chi connectivity index (χ2v) is 4.45. The largest absolute Gasteiger partial charge is 0.460 e. The van der Waals surface area contributed by atoms with Gasteiger partial charge in [0.1, 0.15) is 11.5 Å². The normalized spacial score (nSPS) is 12.6. The molecular formula is C15H21ClO. The van der Waals surface area contributed by atoms with Crippen LogP contribution < -0.4 is 4.74 Å². The van der Waals surface area contributed by atoms with Gasteiger partial charge in [-0.05, 0) is 31.4 Å². The van der Waals surface area contributed by atoms with E-state index in [0.717, 1.165) is 30.8 Å². The molecule has 0 atom stereocenters. The Morgan fingerprint density at radius 1 is 1.12 bits per heavy atom. The molecule has 1 aromatic carbocycles.